The molecule has 138 valence electrons. The number of ether oxygens (including phenoxy) is 1. The Labute approximate surface area is 153 Å². The Bertz CT molecular complexity index is 773. The van der Waals surface area contributed by atoms with Crippen LogP contribution in [0.1, 0.15) is 5.56 Å². The van der Waals surface area contributed by atoms with Crippen molar-refractivity contribution < 1.29 is 13.9 Å². The molecule has 0 aromatic heterocycles. The van der Waals surface area contributed by atoms with Crippen molar-refractivity contribution in [3.05, 3.63) is 53.8 Å². The fourth-order valence-corrected chi connectivity index (χ4v) is 2.94. The standard InChI is InChI=1S/C20H24FN3O2/c1-15-12-17(24-10-8-23(2)9-11-24)6-7-19(15)22-20(25)14-26-18-5-3-4-16(21)13-18/h3-7,12-13H,8-11,14H2,1-2H3,(H,22,25). The summed E-state index contributed by atoms with van der Waals surface area (Å²) in [5, 5.41) is 2.85. The molecule has 1 heterocycles. The largest absolute Gasteiger partial charge is 0.484 e. The van der Waals surface area contributed by atoms with Gasteiger partial charge in [0.25, 0.3) is 5.91 Å². The topological polar surface area (TPSA) is 44.8 Å². The van der Waals surface area contributed by atoms with Gasteiger partial charge in [-0.15, -0.1) is 0 Å². The predicted octanol–water partition coefficient (Wildman–Crippen LogP) is 2.90. The van der Waals surface area contributed by atoms with Crippen LogP contribution in [0.2, 0.25) is 0 Å². The summed E-state index contributed by atoms with van der Waals surface area (Å²) in [5.74, 6) is -0.328. The fourth-order valence-electron chi connectivity index (χ4n) is 2.94. The summed E-state index contributed by atoms with van der Waals surface area (Å²) in [6.45, 7) is 5.92. The highest BCUT2D eigenvalue weighted by Crippen LogP contribution is 2.23. The number of hydrogen-bond donors (Lipinski definition) is 1. The lowest BCUT2D eigenvalue weighted by molar-refractivity contribution is -0.118. The first kappa shape index (κ1) is 18.2. The number of carbonyl (C=O) groups excluding carboxylic acids is 1. The lowest BCUT2D eigenvalue weighted by atomic mass is 10.1. The number of rotatable bonds is 5. The molecule has 1 fully saturated rings. The van der Waals surface area contributed by atoms with Crippen LogP contribution in [-0.2, 0) is 4.79 Å². The summed E-state index contributed by atoms with van der Waals surface area (Å²) >= 11 is 0. The molecule has 0 aliphatic carbocycles. The number of amides is 1. The molecule has 1 saturated heterocycles. The van der Waals surface area contributed by atoms with Crippen molar-refractivity contribution in [2.75, 3.05) is 50.1 Å². The molecule has 1 aliphatic heterocycles. The van der Waals surface area contributed by atoms with Crippen LogP contribution < -0.4 is 15.0 Å². The Morgan fingerprint density at radius 2 is 1.92 bits per heavy atom. The smallest absolute Gasteiger partial charge is 0.262 e. The molecule has 1 aliphatic rings. The third-order valence-corrected chi connectivity index (χ3v) is 4.52. The van der Waals surface area contributed by atoms with Crippen molar-refractivity contribution in [2.45, 2.75) is 6.92 Å². The summed E-state index contributed by atoms with van der Waals surface area (Å²) in [4.78, 5) is 16.8. The van der Waals surface area contributed by atoms with Gasteiger partial charge < -0.3 is 19.9 Å². The van der Waals surface area contributed by atoms with Crippen LogP contribution in [0.25, 0.3) is 0 Å². The third-order valence-electron chi connectivity index (χ3n) is 4.52. The molecule has 0 bridgehead atoms. The van der Waals surface area contributed by atoms with Gasteiger partial charge in [0.2, 0.25) is 0 Å². The number of hydrogen-bond acceptors (Lipinski definition) is 4. The van der Waals surface area contributed by atoms with Crippen molar-refractivity contribution in [3.63, 3.8) is 0 Å². The maximum Gasteiger partial charge on any atom is 0.262 e. The van der Waals surface area contributed by atoms with Gasteiger partial charge in [-0.05, 0) is 49.9 Å². The molecule has 0 spiro atoms. The molecule has 6 heteroatoms. The van der Waals surface area contributed by atoms with Crippen molar-refractivity contribution >= 4 is 17.3 Å². The normalized spacial score (nSPS) is 15.0. The van der Waals surface area contributed by atoms with Crippen LogP contribution in [-0.4, -0.2) is 50.6 Å². The molecule has 0 saturated carbocycles. The van der Waals surface area contributed by atoms with E-state index < -0.39 is 5.82 Å². The number of nitrogens with one attached hydrogen (secondary N) is 1. The van der Waals surface area contributed by atoms with E-state index >= 15 is 0 Å². The van der Waals surface area contributed by atoms with E-state index in [1.54, 1.807) is 12.1 Å². The SMILES string of the molecule is Cc1cc(N2CCN(C)CC2)ccc1NC(=O)COc1cccc(F)c1. The van der Waals surface area contributed by atoms with Gasteiger partial charge in [0.05, 0.1) is 0 Å². The summed E-state index contributed by atoms with van der Waals surface area (Å²) in [7, 11) is 2.13. The number of nitrogens with zero attached hydrogens (tertiary/aromatic N) is 2. The first-order chi connectivity index (χ1) is 12.5. The molecule has 2 aromatic carbocycles. The van der Waals surface area contributed by atoms with Gasteiger partial charge in [0, 0.05) is 43.6 Å². The lowest BCUT2D eigenvalue weighted by Gasteiger charge is -2.34. The van der Waals surface area contributed by atoms with Crippen LogP contribution in [0.3, 0.4) is 0 Å². The molecular weight excluding hydrogens is 333 g/mol. The van der Waals surface area contributed by atoms with Gasteiger partial charge in [-0.2, -0.15) is 0 Å². The molecule has 2 aromatic rings. The van der Waals surface area contributed by atoms with Gasteiger partial charge in [-0.25, -0.2) is 4.39 Å². The molecule has 26 heavy (non-hydrogen) atoms. The van der Waals surface area contributed by atoms with Crippen LogP contribution >= 0.6 is 0 Å². The monoisotopic (exact) mass is 357 g/mol. The lowest BCUT2D eigenvalue weighted by Crippen LogP contribution is -2.44. The highest BCUT2D eigenvalue weighted by Gasteiger charge is 2.15. The first-order valence-electron chi connectivity index (χ1n) is 8.73. The predicted molar refractivity (Wildman–Crippen MR) is 101 cm³/mol. The zero-order chi connectivity index (χ0) is 18.5. The number of benzene rings is 2. The van der Waals surface area contributed by atoms with Crippen molar-refractivity contribution in [1.29, 1.82) is 0 Å². The van der Waals surface area contributed by atoms with Gasteiger partial charge in [0.15, 0.2) is 6.61 Å². The molecule has 3 rings (SSSR count). The third kappa shape index (κ3) is 4.73. The minimum Gasteiger partial charge on any atom is -0.484 e. The Hall–Kier alpha value is -2.60. The maximum atomic E-state index is 13.1. The minimum atomic E-state index is -0.391. The number of piperazine rings is 1. The fraction of sp³-hybridized carbons (Fsp3) is 0.350. The Morgan fingerprint density at radius 3 is 2.62 bits per heavy atom. The second kappa shape index (κ2) is 8.19. The second-order valence-corrected chi connectivity index (χ2v) is 6.58. The molecule has 0 atom stereocenters. The van der Waals surface area contributed by atoms with E-state index in [0.717, 1.165) is 37.4 Å². The van der Waals surface area contributed by atoms with Crippen LogP contribution in [0, 0.1) is 12.7 Å². The highest BCUT2D eigenvalue weighted by atomic mass is 19.1. The molecule has 5 nitrogen and oxygen atoms in total. The van der Waals surface area contributed by atoms with E-state index in [1.165, 1.54) is 17.8 Å². The summed E-state index contributed by atoms with van der Waals surface area (Å²) in [5.41, 5.74) is 2.93. The van der Waals surface area contributed by atoms with Crippen molar-refractivity contribution in [1.82, 2.24) is 4.90 Å². The quantitative estimate of drug-likeness (QED) is 0.894. The van der Waals surface area contributed by atoms with Gasteiger partial charge in [-0.1, -0.05) is 6.07 Å². The van der Waals surface area contributed by atoms with E-state index in [-0.39, 0.29) is 12.5 Å². The van der Waals surface area contributed by atoms with Gasteiger partial charge in [-0.3, -0.25) is 4.79 Å². The second-order valence-electron chi connectivity index (χ2n) is 6.58. The van der Waals surface area contributed by atoms with Gasteiger partial charge in [0.1, 0.15) is 11.6 Å². The average molecular weight is 357 g/mol. The molecule has 1 amide bonds. The van der Waals surface area contributed by atoms with E-state index in [0.29, 0.717) is 5.75 Å². The summed E-state index contributed by atoms with van der Waals surface area (Å²) in [6.07, 6.45) is 0. The molecule has 1 N–H and O–H groups in total. The summed E-state index contributed by atoms with van der Waals surface area (Å²) < 4.78 is 18.4. The number of carbonyl (C=O) groups is 1. The van der Waals surface area contributed by atoms with Gasteiger partial charge >= 0.3 is 0 Å². The number of aryl methyl sites for hydroxylation is 1. The Morgan fingerprint density at radius 1 is 1.15 bits per heavy atom. The van der Waals surface area contributed by atoms with Crippen LogP contribution in [0.5, 0.6) is 5.75 Å². The first-order valence-corrected chi connectivity index (χ1v) is 8.73. The Balaban J connectivity index is 1.56. The van der Waals surface area contributed by atoms with E-state index in [9.17, 15) is 9.18 Å². The molecular formula is C20H24FN3O2. The van der Waals surface area contributed by atoms with Crippen LogP contribution in [0.15, 0.2) is 42.5 Å². The zero-order valence-corrected chi connectivity index (χ0v) is 15.2. The number of anilines is 2. The summed E-state index contributed by atoms with van der Waals surface area (Å²) in [6, 6.07) is 11.8. The maximum absolute atomic E-state index is 13.1. The van der Waals surface area contributed by atoms with E-state index in [1.807, 2.05) is 19.1 Å². The highest BCUT2D eigenvalue weighted by molar-refractivity contribution is 5.92. The van der Waals surface area contributed by atoms with Crippen LogP contribution in [0.4, 0.5) is 15.8 Å². The molecule has 0 unspecified atom stereocenters. The van der Waals surface area contributed by atoms with Crippen molar-refractivity contribution in [2.24, 2.45) is 0 Å². The van der Waals surface area contributed by atoms with Crippen molar-refractivity contribution in [3.8, 4) is 5.75 Å². The van der Waals surface area contributed by atoms with E-state index in [2.05, 4.69) is 28.2 Å². The molecule has 0 radical (unpaired) electrons. The average Bonchev–Trinajstić information content (AvgIpc) is 2.62. The number of likely N-dealkylation sites (N-methyl/N-ethyl adjacent to an activating group) is 1. The van der Waals surface area contributed by atoms with E-state index in [4.69, 9.17) is 4.74 Å². The Kier molecular flexibility index (Phi) is 5.73. The minimum absolute atomic E-state index is 0.164. The zero-order valence-electron chi connectivity index (χ0n) is 15.2. The number of halogens is 1.